The van der Waals surface area contributed by atoms with Gasteiger partial charge in [0, 0.05) is 6.54 Å². The fraction of sp³-hybridized carbons (Fsp3) is 0.409. The molecule has 0 aromatic heterocycles. The highest BCUT2D eigenvalue weighted by Gasteiger charge is 2.21. The summed E-state index contributed by atoms with van der Waals surface area (Å²) in [7, 11) is 7.22. The number of carboxylic acids is 1. The predicted molar refractivity (Wildman–Crippen MR) is 109 cm³/mol. The molecule has 1 N–H and O–H groups in total. The predicted octanol–water partition coefficient (Wildman–Crippen LogP) is 3.45. The molecule has 0 bridgehead atoms. The Morgan fingerprint density at radius 2 is 1.75 bits per heavy atom. The van der Waals surface area contributed by atoms with Gasteiger partial charge >= 0.3 is 5.97 Å². The molecule has 0 radical (unpaired) electrons. The summed E-state index contributed by atoms with van der Waals surface area (Å²) in [6.07, 6.45) is 1.27. The Bertz CT molecular complexity index is 758. The highest BCUT2D eigenvalue weighted by molar-refractivity contribution is 5.76. The van der Waals surface area contributed by atoms with Gasteiger partial charge in [0.05, 0.1) is 26.7 Å². The normalized spacial score (nSPS) is 11.9. The van der Waals surface area contributed by atoms with Gasteiger partial charge in [0.2, 0.25) is 0 Å². The van der Waals surface area contributed by atoms with Gasteiger partial charge in [-0.1, -0.05) is 18.2 Å². The molecule has 2 aromatic carbocycles. The molecule has 0 aliphatic rings. The summed E-state index contributed by atoms with van der Waals surface area (Å²) < 4.78 is 16.4. The third kappa shape index (κ3) is 6.16. The summed E-state index contributed by atoms with van der Waals surface area (Å²) in [5.74, 6) is 0.462. The zero-order valence-electron chi connectivity index (χ0n) is 17.0. The van der Waals surface area contributed by atoms with E-state index < -0.39 is 11.9 Å². The summed E-state index contributed by atoms with van der Waals surface area (Å²) >= 11 is 0. The molecule has 6 nitrogen and oxygen atoms in total. The second kappa shape index (κ2) is 10.6. The van der Waals surface area contributed by atoms with Crippen molar-refractivity contribution < 1.29 is 24.1 Å². The number of benzene rings is 2. The lowest BCUT2D eigenvalue weighted by molar-refractivity contribution is -0.138. The number of carboxylic acid groups (broad SMARTS) is 1. The average Bonchev–Trinajstić information content (AvgIpc) is 2.69. The number of rotatable bonds is 11. The van der Waals surface area contributed by atoms with Gasteiger partial charge in [0.1, 0.15) is 5.75 Å². The van der Waals surface area contributed by atoms with E-state index in [2.05, 4.69) is 4.90 Å². The van der Waals surface area contributed by atoms with Gasteiger partial charge in [-0.15, -0.1) is 0 Å². The molecule has 152 valence electrons. The second-order valence-electron chi connectivity index (χ2n) is 6.86. The molecule has 0 spiro atoms. The first-order valence-corrected chi connectivity index (χ1v) is 9.25. The van der Waals surface area contributed by atoms with Crippen LogP contribution in [0.4, 0.5) is 0 Å². The molecule has 0 saturated carbocycles. The van der Waals surface area contributed by atoms with Crippen molar-refractivity contribution in [2.45, 2.75) is 18.8 Å². The molecule has 0 aliphatic carbocycles. The smallest absolute Gasteiger partial charge is 0.311 e. The van der Waals surface area contributed by atoms with Crippen LogP contribution in [0.15, 0.2) is 42.5 Å². The van der Waals surface area contributed by atoms with Gasteiger partial charge in [-0.05, 0) is 62.3 Å². The quantitative estimate of drug-likeness (QED) is 0.596. The van der Waals surface area contributed by atoms with Crippen LogP contribution in [0.25, 0.3) is 0 Å². The topological polar surface area (TPSA) is 68.2 Å². The summed E-state index contributed by atoms with van der Waals surface area (Å²) in [4.78, 5) is 13.9. The van der Waals surface area contributed by atoms with Crippen molar-refractivity contribution in [3.05, 3.63) is 53.6 Å². The van der Waals surface area contributed by atoms with Crippen molar-refractivity contribution in [1.82, 2.24) is 4.90 Å². The van der Waals surface area contributed by atoms with Crippen molar-refractivity contribution in [3.63, 3.8) is 0 Å². The van der Waals surface area contributed by atoms with Crippen molar-refractivity contribution in [3.8, 4) is 17.2 Å². The first-order valence-electron chi connectivity index (χ1n) is 9.25. The van der Waals surface area contributed by atoms with Crippen LogP contribution in [0.3, 0.4) is 0 Å². The third-order valence-electron chi connectivity index (χ3n) is 4.49. The van der Waals surface area contributed by atoms with E-state index in [1.165, 1.54) is 0 Å². The number of ether oxygens (including phenoxy) is 3. The van der Waals surface area contributed by atoms with E-state index in [0.717, 1.165) is 24.1 Å². The Kier molecular flexibility index (Phi) is 8.14. The molecule has 1 unspecified atom stereocenters. The van der Waals surface area contributed by atoms with E-state index in [4.69, 9.17) is 14.2 Å². The van der Waals surface area contributed by atoms with Crippen LogP contribution in [0.2, 0.25) is 0 Å². The SMILES string of the molecule is COc1ccc(C(Cc2ccc(OCCCN(C)C)c(OC)c2)C(=O)O)cc1. The van der Waals surface area contributed by atoms with Gasteiger partial charge in [-0.3, -0.25) is 4.79 Å². The van der Waals surface area contributed by atoms with Gasteiger partial charge in [0.15, 0.2) is 11.5 Å². The molecule has 2 aromatic rings. The minimum absolute atomic E-state index is 0.360. The monoisotopic (exact) mass is 387 g/mol. The van der Waals surface area contributed by atoms with Crippen LogP contribution in [0.5, 0.6) is 17.2 Å². The Labute approximate surface area is 166 Å². The van der Waals surface area contributed by atoms with E-state index in [-0.39, 0.29) is 0 Å². The number of carbonyl (C=O) groups is 1. The number of hydrogen-bond donors (Lipinski definition) is 1. The fourth-order valence-corrected chi connectivity index (χ4v) is 2.94. The summed E-state index contributed by atoms with van der Waals surface area (Å²) in [5, 5.41) is 9.69. The van der Waals surface area contributed by atoms with Gasteiger partial charge in [-0.25, -0.2) is 0 Å². The van der Waals surface area contributed by atoms with E-state index in [1.54, 1.807) is 38.5 Å². The number of nitrogens with zero attached hydrogens (tertiary/aromatic N) is 1. The minimum Gasteiger partial charge on any atom is -0.497 e. The van der Waals surface area contributed by atoms with Crippen LogP contribution in [0.1, 0.15) is 23.5 Å². The largest absolute Gasteiger partial charge is 0.497 e. The fourth-order valence-electron chi connectivity index (χ4n) is 2.94. The molecule has 28 heavy (non-hydrogen) atoms. The number of aliphatic carboxylic acids is 1. The molecule has 0 heterocycles. The highest BCUT2D eigenvalue weighted by Crippen LogP contribution is 2.31. The molecule has 0 fully saturated rings. The zero-order chi connectivity index (χ0) is 20.5. The van der Waals surface area contributed by atoms with Gasteiger partial charge in [-0.2, -0.15) is 0 Å². The van der Waals surface area contributed by atoms with E-state index in [9.17, 15) is 9.90 Å². The Balaban J connectivity index is 2.10. The maximum absolute atomic E-state index is 11.8. The molecule has 2 rings (SSSR count). The van der Waals surface area contributed by atoms with E-state index in [1.807, 2.05) is 32.3 Å². The number of methoxy groups -OCH3 is 2. The molecule has 0 saturated heterocycles. The maximum atomic E-state index is 11.8. The van der Waals surface area contributed by atoms with Crippen molar-refractivity contribution in [2.75, 3.05) is 41.5 Å². The molecule has 1 atom stereocenters. The molecular formula is C22H29NO5. The van der Waals surface area contributed by atoms with Gasteiger partial charge < -0.3 is 24.2 Å². The second-order valence-corrected chi connectivity index (χ2v) is 6.86. The van der Waals surface area contributed by atoms with Crippen LogP contribution >= 0.6 is 0 Å². The standard InChI is InChI=1S/C22H29NO5/c1-23(2)12-5-13-28-20-11-6-16(15-21(20)27-4)14-19(22(24)25)17-7-9-18(26-3)10-8-17/h6-11,15,19H,5,12-14H2,1-4H3,(H,24,25). The van der Waals surface area contributed by atoms with Crippen LogP contribution in [-0.4, -0.2) is 57.4 Å². The Morgan fingerprint density at radius 3 is 2.32 bits per heavy atom. The van der Waals surface area contributed by atoms with Crippen LogP contribution < -0.4 is 14.2 Å². The first kappa shape index (κ1) is 21.6. The van der Waals surface area contributed by atoms with Crippen LogP contribution in [-0.2, 0) is 11.2 Å². The van der Waals surface area contributed by atoms with Gasteiger partial charge in [0.25, 0.3) is 0 Å². The lowest BCUT2D eigenvalue weighted by Crippen LogP contribution is -2.16. The molecule has 0 aliphatic heterocycles. The number of hydrogen-bond acceptors (Lipinski definition) is 5. The molecule has 6 heteroatoms. The lowest BCUT2D eigenvalue weighted by Gasteiger charge is -2.16. The molecule has 0 amide bonds. The Hall–Kier alpha value is -2.73. The van der Waals surface area contributed by atoms with Crippen LogP contribution in [0, 0.1) is 0 Å². The highest BCUT2D eigenvalue weighted by atomic mass is 16.5. The first-order chi connectivity index (χ1) is 13.4. The van der Waals surface area contributed by atoms with E-state index >= 15 is 0 Å². The summed E-state index contributed by atoms with van der Waals surface area (Å²) in [6.45, 7) is 1.54. The summed E-state index contributed by atoms with van der Waals surface area (Å²) in [5.41, 5.74) is 1.61. The third-order valence-corrected chi connectivity index (χ3v) is 4.49. The van der Waals surface area contributed by atoms with Crippen molar-refractivity contribution in [1.29, 1.82) is 0 Å². The lowest BCUT2D eigenvalue weighted by atomic mass is 9.92. The van der Waals surface area contributed by atoms with Crippen molar-refractivity contribution in [2.24, 2.45) is 0 Å². The Morgan fingerprint density at radius 1 is 1.04 bits per heavy atom. The van der Waals surface area contributed by atoms with E-state index in [0.29, 0.717) is 30.3 Å². The summed E-state index contributed by atoms with van der Waals surface area (Å²) in [6, 6.07) is 12.7. The maximum Gasteiger partial charge on any atom is 0.311 e. The zero-order valence-corrected chi connectivity index (χ0v) is 17.0. The average molecular weight is 387 g/mol. The van der Waals surface area contributed by atoms with Crippen molar-refractivity contribution >= 4 is 5.97 Å². The minimum atomic E-state index is -0.867. The molecular weight excluding hydrogens is 358 g/mol.